The van der Waals surface area contributed by atoms with Gasteiger partial charge in [0.25, 0.3) is 0 Å². The van der Waals surface area contributed by atoms with E-state index >= 15 is 0 Å². The highest BCUT2D eigenvalue weighted by Gasteiger charge is 2.53. The van der Waals surface area contributed by atoms with Gasteiger partial charge in [0, 0.05) is 29.1 Å². The summed E-state index contributed by atoms with van der Waals surface area (Å²) in [6.45, 7) is 0. The van der Waals surface area contributed by atoms with Crippen molar-refractivity contribution in [3.8, 4) is 11.3 Å². The summed E-state index contributed by atoms with van der Waals surface area (Å²) in [7, 11) is 0. The zero-order valence-electron chi connectivity index (χ0n) is 15.3. The molecule has 6 rings (SSSR count). The third kappa shape index (κ3) is 2.69. The molecular weight excluding hydrogens is 379 g/mol. The van der Waals surface area contributed by atoms with Crippen LogP contribution in [-0.2, 0) is 0 Å². The van der Waals surface area contributed by atoms with Gasteiger partial charge in [-0.15, -0.1) is 0 Å². The van der Waals surface area contributed by atoms with E-state index in [0.29, 0.717) is 27.3 Å². The Bertz CT molecular complexity index is 863. The fourth-order valence-electron chi connectivity index (χ4n) is 6.12. The molecule has 2 saturated heterocycles. The summed E-state index contributed by atoms with van der Waals surface area (Å²) in [5, 5.41) is 9.60. The average molecular weight is 403 g/mol. The maximum Gasteiger partial charge on any atom is 0.143 e. The molecule has 0 amide bonds. The van der Waals surface area contributed by atoms with Crippen molar-refractivity contribution in [1.82, 2.24) is 10.5 Å². The van der Waals surface area contributed by atoms with Crippen LogP contribution in [-0.4, -0.2) is 17.2 Å². The molecule has 4 fully saturated rings. The van der Waals surface area contributed by atoms with Crippen LogP contribution in [0.2, 0.25) is 10.0 Å². The van der Waals surface area contributed by atoms with Gasteiger partial charge in [-0.25, -0.2) is 0 Å². The van der Waals surface area contributed by atoms with E-state index < -0.39 is 0 Å². The molecule has 2 bridgehead atoms. The first-order chi connectivity index (χ1) is 13.1. The SMILES string of the molecule is Clc1cccc(Cl)c1-c1noc(C2CC2)c1C1CC2(CC3CCC(C2)N3)C1. The molecule has 5 heteroatoms. The molecule has 2 unspecified atom stereocenters. The predicted molar refractivity (Wildman–Crippen MR) is 108 cm³/mol. The van der Waals surface area contributed by atoms with Gasteiger partial charge in [0.05, 0.1) is 10.0 Å². The first-order valence-electron chi connectivity index (χ1n) is 10.3. The number of rotatable bonds is 3. The van der Waals surface area contributed by atoms with Crippen LogP contribution < -0.4 is 5.32 Å². The van der Waals surface area contributed by atoms with E-state index in [1.165, 1.54) is 56.9 Å². The second-order valence-corrected chi connectivity index (χ2v) is 10.1. The topological polar surface area (TPSA) is 38.1 Å². The minimum Gasteiger partial charge on any atom is -0.360 e. The second-order valence-electron chi connectivity index (χ2n) is 9.33. The highest BCUT2D eigenvalue weighted by atomic mass is 35.5. The Morgan fingerprint density at radius 3 is 2.22 bits per heavy atom. The van der Waals surface area contributed by atoms with Gasteiger partial charge in [0.2, 0.25) is 0 Å². The van der Waals surface area contributed by atoms with E-state index in [9.17, 15) is 0 Å². The zero-order chi connectivity index (χ0) is 18.2. The number of hydrogen-bond donors (Lipinski definition) is 1. The number of fused-ring (bicyclic) bond motifs is 2. The van der Waals surface area contributed by atoms with E-state index in [1.54, 1.807) is 0 Å². The van der Waals surface area contributed by atoms with Gasteiger partial charge in [0.15, 0.2) is 0 Å². The molecule has 4 aliphatic rings. The first-order valence-corrected chi connectivity index (χ1v) is 11.1. The van der Waals surface area contributed by atoms with Crippen molar-refractivity contribution in [2.75, 3.05) is 0 Å². The molecule has 1 spiro atoms. The van der Waals surface area contributed by atoms with Crippen molar-refractivity contribution in [1.29, 1.82) is 0 Å². The Labute approximate surface area is 169 Å². The third-order valence-electron chi connectivity index (χ3n) is 7.36. The lowest BCUT2D eigenvalue weighted by Gasteiger charge is -2.52. The molecule has 3 heterocycles. The van der Waals surface area contributed by atoms with Crippen molar-refractivity contribution >= 4 is 23.2 Å². The highest BCUT2D eigenvalue weighted by molar-refractivity contribution is 6.39. The Hall–Kier alpha value is -1.03. The molecule has 1 aromatic carbocycles. The minimum absolute atomic E-state index is 0.529. The Balaban J connectivity index is 1.36. The standard InChI is InChI=1S/C22H24Cl2N2O/c23-16-2-1-3-17(24)19(16)20-18(21(27-26-20)12-4-5-12)13-8-22(9-13)10-14-6-7-15(11-22)25-14/h1-3,12-15,25H,4-11H2. The minimum atomic E-state index is 0.529. The van der Waals surface area contributed by atoms with E-state index in [-0.39, 0.29) is 0 Å². The van der Waals surface area contributed by atoms with Crippen LogP contribution >= 0.6 is 23.2 Å². The summed E-state index contributed by atoms with van der Waals surface area (Å²) in [6.07, 6.45) is 10.3. The van der Waals surface area contributed by atoms with Gasteiger partial charge >= 0.3 is 0 Å². The monoisotopic (exact) mass is 402 g/mol. The number of aromatic nitrogens is 1. The lowest BCUT2D eigenvalue weighted by Crippen LogP contribution is -2.49. The second kappa shape index (κ2) is 5.98. The van der Waals surface area contributed by atoms with Crippen LogP contribution in [0, 0.1) is 5.41 Å². The van der Waals surface area contributed by atoms with Crippen LogP contribution in [0.4, 0.5) is 0 Å². The molecule has 142 valence electrons. The number of benzene rings is 1. The van der Waals surface area contributed by atoms with Crippen molar-refractivity contribution in [2.24, 2.45) is 5.41 Å². The quantitative estimate of drug-likeness (QED) is 0.653. The average Bonchev–Trinajstić information content (AvgIpc) is 3.29. The molecule has 2 atom stereocenters. The Morgan fingerprint density at radius 1 is 0.926 bits per heavy atom. The van der Waals surface area contributed by atoms with Gasteiger partial charge in [-0.3, -0.25) is 0 Å². The van der Waals surface area contributed by atoms with Crippen molar-refractivity contribution in [2.45, 2.75) is 75.3 Å². The van der Waals surface area contributed by atoms with Gasteiger partial charge in [-0.2, -0.15) is 0 Å². The summed E-state index contributed by atoms with van der Waals surface area (Å²) >= 11 is 13.0. The lowest BCUT2D eigenvalue weighted by molar-refractivity contribution is 0.0371. The fraction of sp³-hybridized carbons (Fsp3) is 0.591. The number of hydrogen-bond acceptors (Lipinski definition) is 3. The van der Waals surface area contributed by atoms with Crippen LogP contribution in [0.15, 0.2) is 22.7 Å². The van der Waals surface area contributed by atoms with Crippen molar-refractivity contribution < 1.29 is 4.52 Å². The number of nitrogens with one attached hydrogen (secondary N) is 1. The molecule has 2 aliphatic carbocycles. The first kappa shape index (κ1) is 16.9. The molecule has 3 nitrogen and oxygen atoms in total. The molecular formula is C22H24Cl2N2O. The van der Waals surface area contributed by atoms with Crippen molar-refractivity contribution in [3.63, 3.8) is 0 Å². The summed E-state index contributed by atoms with van der Waals surface area (Å²) in [5.74, 6) is 2.19. The van der Waals surface area contributed by atoms with Crippen LogP contribution in [0.25, 0.3) is 11.3 Å². The Kier molecular flexibility index (Phi) is 3.74. The van der Waals surface area contributed by atoms with Crippen LogP contribution in [0.3, 0.4) is 0 Å². The molecule has 2 saturated carbocycles. The molecule has 1 aromatic heterocycles. The maximum atomic E-state index is 6.52. The summed E-state index contributed by atoms with van der Waals surface area (Å²) < 4.78 is 5.89. The summed E-state index contributed by atoms with van der Waals surface area (Å²) in [6, 6.07) is 7.16. The molecule has 2 aromatic rings. The van der Waals surface area contributed by atoms with Gasteiger partial charge in [-0.1, -0.05) is 34.4 Å². The smallest absolute Gasteiger partial charge is 0.143 e. The molecule has 2 aliphatic heterocycles. The third-order valence-corrected chi connectivity index (χ3v) is 7.99. The number of nitrogens with zero attached hydrogens (tertiary/aromatic N) is 1. The maximum absolute atomic E-state index is 6.52. The molecule has 0 radical (unpaired) electrons. The van der Waals surface area contributed by atoms with Gasteiger partial charge < -0.3 is 9.84 Å². The number of piperidine rings is 1. The van der Waals surface area contributed by atoms with Gasteiger partial charge in [0.1, 0.15) is 11.5 Å². The van der Waals surface area contributed by atoms with E-state index in [1.807, 2.05) is 18.2 Å². The normalized spacial score (nSPS) is 34.8. The number of halogens is 2. The van der Waals surface area contributed by atoms with Gasteiger partial charge in [-0.05, 0) is 74.8 Å². The zero-order valence-corrected chi connectivity index (χ0v) is 16.8. The molecule has 1 N–H and O–H groups in total. The van der Waals surface area contributed by atoms with E-state index in [2.05, 4.69) is 10.5 Å². The largest absolute Gasteiger partial charge is 0.360 e. The van der Waals surface area contributed by atoms with Crippen LogP contribution in [0.5, 0.6) is 0 Å². The lowest BCUT2D eigenvalue weighted by atomic mass is 9.54. The Morgan fingerprint density at radius 2 is 1.59 bits per heavy atom. The van der Waals surface area contributed by atoms with Crippen molar-refractivity contribution in [3.05, 3.63) is 39.6 Å². The van der Waals surface area contributed by atoms with E-state index in [4.69, 9.17) is 27.7 Å². The summed E-state index contributed by atoms with van der Waals surface area (Å²) in [4.78, 5) is 0. The highest BCUT2D eigenvalue weighted by Crippen LogP contribution is 2.62. The van der Waals surface area contributed by atoms with E-state index in [0.717, 1.165) is 29.1 Å². The fourth-order valence-corrected chi connectivity index (χ4v) is 6.70. The predicted octanol–water partition coefficient (Wildman–Crippen LogP) is 6.30. The molecule has 27 heavy (non-hydrogen) atoms. The van der Waals surface area contributed by atoms with Crippen LogP contribution in [0.1, 0.15) is 74.5 Å². The summed E-state index contributed by atoms with van der Waals surface area (Å²) in [5.41, 5.74) is 3.58.